The van der Waals surface area contributed by atoms with Gasteiger partial charge in [0, 0.05) is 13.0 Å². The van der Waals surface area contributed by atoms with E-state index in [-0.39, 0.29) is 11.5 Å². The fourth-order valence-corrected chi connectivity index (χ4v) is 2.96. The molecule has 2 rings (SSSR count). The molecule has 0 spiro atoms. The number of hydrogen-bond acceptors (Lipinski definition) is 6. The fraction of sp³-hybridized carbons (Fsp3) is 0.391. The van der Waals surface area contributed by atoms with E-state index in [4.69, 9.17) is 19.3 Å². The lowest BCUT2D eigenvalue weighted by Gasteiger charge is -2.26. The molecule has 0 bridgehead atoms. The number of halogens is 3. The molecule has 10 heteroatoms. The Balaban J connectivity index is 2.11. The first-order valence-electron chi connectivity index (χ1n) is 10.1. The fourth-order valence-electron chi connectivity index (χ4n) is 2.96. The van der Waals surface area contributed by atoms with Crippen molar-refractivity contribution in [2.24, 2.45) is 0 Å². The number of nitrogens with zero attached hydrogens (tertiary/aromatic N) is 1. The lowest BCUT2D eigenvalue weighted by Crippen LogP contribution is -2.43. The molecule has 1 N–H and O–H groups in total. The van der Waals surface area contributed by atoms with E-state index in [2.05, 4.69) is 0 Å². The second-order valence-corrected chi connectivity index (χ2v) is 7.30. The van der Waals surface area contributed by atoms with Crippen molar-refractivity contribution in [3.8, 4) is 11.5 Å². The van der Waals surface area contributed by atoms with Gasteiger partial charge in [0.15, 0.2) is 0 Å². The summed E-state index contributed by atoms with van der Waals surface area (Å²) in [5.74, 6) is -0.999. The van der Waals surface area contributed by atoms with Gasteiger partial charge >= 0.3 is 18.2 Å². The number of carbonyl (C=O) groups is 2. The Bertz CT molecular complexity index is 934. The molecule has 33 heavy (non-hydrogen) atoms. The normalized spacial score (nSPS) is 12.3. The van der Waals surface area contributed by atoms with Crippen molar-refractivity contribution in [1.29, 1.82) is 0 Å². The van der Waals surface area contributed by atoms with E-state index < -0.39 is 43.7 Å². The van der Waals surface area contributed by atoms with Crippen molar-refractivity contribution in [1.82, 2.24) is 4.90 Å². The number of esters is 1. The molecule has 0 saturated heterocycles. The Morgan fingerprint density at radius 1 is 1.09 bits per heavy atom. The van der Waals surface area contributed by atoms with E-state index >= 15 is 0 Å². The van der Waals surface area contributed by atoms with E-state index in [0.29, 0.717) is 17.9 Å². The van der Waals surface area contributed by atoms with Crippen LogP contribution in [0.15, 0.2) is 48.5 Å². The molecule has 0 fully saturated rings. The number of ether oxygens (including phenoxy) is 3. The Morgan fingerprint density at radius 2 is 1.82 bits per heavy atom. The summed E-state index contributed by atoms with van der Waals surface area (Å²) in [6.07, 6.45) is -6.34. The van der Waals surface area contributed by atoms with E-state index in [9.17, 15) is 22.8 Å². The highest BCUT2D eigenvalue weighted by Crippen LogP contribution is 2.24. The summed E-state index contributed by atoms with van der Waals surface area (Å²) < 4.78 is 55.0. The third-order valence-electron chi connectivity index (χ3n) is 4.68. The number of methoxy groups -OCH3 is 1. The van der Waals surface area contributed by atoms with Crippen LogP contribution in [0.3, 0.4) is 0 Å². The van der Waals surface area contributed by atoms with Gasteiger partial charge in [0.1, 0.15) is 24.2 Å². The van der Waals surface area contributed by atoms with Crippen molar-refractivity contribution in [3.63, 3.8) is 0 Å². The zero-order valence-corrected chi connectivity index (χ0v) is 18.3. The number of alkyl halides is 3. The van der Waals surface area contributed by atoms with Gasteiger partial charge in [-0.3, -0.25) is 9.59 Å². The molecule has 180 valence electrons. The zero-order valence-electron chi connectivity index (χ0n) is 18.3. The quantitative estimate of drug-likeness (QED) is 0.373. The van der Waals surface area contributed by atoms with Gasteiger partial charge in [0.05, 0.1) is 20.0 Å². The molecule has 0 aromatic heterocycles. The number of hydrogen-bond donors (Lipinski definition) is 1. The molecule has 7 nitrogen and oxygen atoms in total. The molecule has 2 aromatic rings. The van der Waals surface area contributed by atoms with Crippen LogP contribution in [0, 0.1) is 0 Å². The highest BCUT2D eigenvalue weighted by molar-refractivity contribution is 5.76. The molecular formula is C23H26F3NO6. The topological polar surface area (TPSA) is 85.3 Å². The maximum absolute atomic E-state index is 13.0. The average Bonchev–Trinajstić information content (AvgIpc) is 2.76. The van der Waals surface area contributed by atoms with Gasteiger partial charge in [-0.1, -0.05) is 30.3 Å². The van der Waals surface area contributed by atoms with Crippen LogP contribution in [0.4, 0.5) is 13.2 Å². The first-order chi connectivity index (χ1) is 15.6. The maximum atomic E-state index is 13.0. The van der Waals surface area contributed by atoms with Crippen LogP contribution >= 0.6 is 0 Å². The first kappa shape index (κ1) is 26.0. The predicted molar refractivity (Wildman–Crippen MR) is 113 cm³/mol. The van der Waals surface area contributed by atoms with E-state index in [1.807, 2.05) is 36.4 Å². The highest BCUT2D eigenvalue weighted by atomic mass is 19.4. The summed E-state index contributed by atoms with van der Waals surface area (Å²) in [7, 11) is 2.39. The molecule has 0 aliphatic carbocycles. The zero-order chi connectivity index (χ0) is 24.4. The van der Waals surface area contributed by atoms with E-state index in [1.165, 1.54) is 0 Å². The standard InChI is InChI=1S/C23H26F3NO6/c1-27(23(24,25)26)14-19(33-22(30)11-10-21(28)29)15-32-20-9-4-3-7-17(20)12-16-6-5-8-18(13-16)31-2/h3-9,13,19H,10-12,14-15H2,1-2H3,(H,28,29). The number of benzene rings is 2. The number of carboxylic acids is 1. The van der Waals surface area contributed by atoms with Gasteiger partial charge in [-0.2, -0.15) is 13.2 Å². The van der Waals surface area contributed by atoms with Crippen molar-refractivity contribution in [2.75, 3.05) is 27.3 Å². The SMILES string of the molecule is COc1cccc(Cc2ccccc2OCC(CN(C)C(F)(F)F)OC(=O)CCC(=O)O)c1. The molecule has 0 saturated carbocycles. The predicted octanol–water partition coefficient (Wildman–Crippen LogP) is 3.89. The minimum Gasteiger partial charge on any atom is -0.497 e. The number of carboxylic acid groups (broad SMARTS) is 1. The largest absolute Gasteiger partial charge is 0.497 e. The van der Waals surface area contributed by atoms with Gasteiger partial charge < -0.3 is 19.3 Å². The van der Waals surface area contributed by atoms with Gasteiger partial charge in [0.2, 0.25) is 0 Å². The van der Waals surface area contributed by atoms with Gasteiger partial charge in [-0.15, -0.1) is 0 Å². The number of para-hydroxylation sites is 1. The molecule has 1 atom stereocenters. The minimum absolute atomic E-state index is 0.0770. The van der Waals surface area contributed by atoms with Crippen LogP contribution in [-0.2, 0) is 20.7 Å². The van der Waals surface area contributed by atoms with Crippen molar-refractivity contribution < 1.29 is 42.1 Å². The lowest BCUT2D eigenvalue weighted by molar-refractivity contribution is -0.243. The Morgan fingerprint density at radius 3 is 2.48 bits per heavy atom. The molecule has 0 heterocycles. The molecule has 0 amide bonds. The van der Waals surface area contributed by atoms with E-state index in [0.717, 1.165) is 18.2 Å². The summed E-state index contributed by atoms with van der Waals surface area (Å²) in [4.78, 5) is 22.6. The first-order valence-corrected chi connectivity index (χ1v) is 10.1. The summed E-state index contributed by atoms with van der Waals surface area (Å²) in [5, 5.41) is 8.69. The second kappa shape index (κ2) is 12.1. The molecule has 1 unspecified atom stereocenters. The summed E-state index contributed by atoms with van der Waals surface area (Å²) in [5.41, 5.74) is 1.73. The monoisotopic (exact) mass is 469 g/mol. The third-order valence-corrected chi connectivity index (χ3v) is 4.68. The van der Waals surface area contributed by atoms with Gasteiger partial charge in [0.25, 0.3) is 0 Å². The molecule has 0 aliphatic heterocycles. The van der Waals surface area contributed by atoms with Crippen LogP contribution < -0.4 is 9.47 Å². The Hall–Kier alpha value is -3.27. The van der Waals surface area contributed by atoms with Crippen LogP contribution in [0.1, 0.15) is 24.0 Å². The van der Waals surface area contributed by atoms with Crippen LogP contribution in [-0.4, -0.2) is 61.7 Å². The van der Waals surface area contributed by atoms with Crippen molar-refractivity contribution in [2.45, 2.75) is 31.7 Å². The van der Waals surface area contributed by atoms with Gasteiger partial charge in [-0.25, -0.2) is 4.90 Å². The lowest BCUT2D eigenvalue weighted by atomic mass is 10.0. The summed E-state index contributed by atoms with van der Waals surface area (Å²) in [6.45, 7) is -1.01. The molecule has 0 aliphatic rings. The van der Waals surface area contributed by atoms with Crippen LogP contribution in [0.25, 0.3) is 0 Å². The molecule has 0 radical (unpaired) electrons. The minimum atomic E-state index is -4.63. The van der Waals surface area contributed by atoms with Crippen LogP contribution in [0.5, 0.6) is 11.5 Å². The average molecular weight is 469 g/mol. The summed E-state index contributed by atoms with van der Waals surface area (Å²) in [6, 6.07) is 14.5. The Labute approximate surface area is 189 Å². The third kappa shape index (κ3) is 9.01. The number of rotatable bonds is 12. The molecule has 2 aromatic carbocycles. The number of likely N-dealkylation sites (N-methyl/N-ethyl adjacent to an activating group) is 1. The number of aliphatic carboxylic acids is 1. The maximum Gasteiger partial charge on any atom is 0.459 e. The van der Waals surface area contributed by atoms with E-state index in [1.54, 1.807) is 19.2 Å². The Kier molecular flexibility index (Phi) is 9.53. The summed E-state index contributed by atoms with van der Waals surface area (Å²) >= 11 is 0. The molecular weight excluding hydrogens is 443 g/mol. The smallest absolute Gasteiger partial charge is 0.459 e. The highest BCUT2D eigenvalue weighted by Gasteiger charge is 2.36. The van der Waals surface area contributed by atoms with Crippen molar-refractivity contribution in [3.05, 3.63) is 59.7 Å². The second-order valence-electron chi connectivity index (χ2n) is 7.30. The van der Waals surface area contributed by atoms with Crippen LogP contribution in [0.2, 0.25) is 0 Å². The van der Waals surface area contributed by atoms with Gasteiger partial charge in [-0.05, 0) is 36.4 Å². The number of carbonyl (C=O) groups excluding carboxylic acids is 1. The van der Waals surface area contributed by atoms with Crippen molar-refractivity contribution >= 4 is 11.9 Å².